The molecule has 0 saturated heterocycles. The van der Waals surface area contributed by atoms with E-state index in [-0.39, 0.29) is 13.2 Å². The van der Waals surface area contributed by atoms with Gasteiger partial charge in [0.2, 0.25) is 0 Å². The molecule has 2 aromatic carbocycles. The van der Waals surface area contributed by atoms with Crippen molar-refractivity contribution in [2.24, 2.45) is 5.73 Å². The van der Waals surface area contributed by atoms with Crippen molar-refractivity contribution in [2.75, 3.05) is 0 Å². The first kappa shape index (κ1) is 19.4. The number of carbonyl (C=O) groups is 1. The number of hydrogen-bond donors (Lipinski definition) is 1. The van der Waals surface area contributed by atoms with Crippen LogP contribution in [0.5, 0.6) is 0 Å². The summed E-state index contributed by atoms with van der Waals surface area (Å²) >= 11 is 0. The van der Waals surface area contributed by atoms with Crippen LogP contribution in [0.15, 0.2) is 60.7 Å². The maximum absolute atomic E-state index is 13.6. The van der Waals surface area contributed by atoms with Crippen molar-refractivity contribution in [2.45, 2.75) is 43.4 Å². The Hall–Kier alpha value is -2.38. The molecule has 4 nitrogen and oxygen atoms in total. The lowest BCUT2D eigenvalue weighted by atomic mass is 9.64. The van der Waals surface area contributed by atoms with E-state index in [1.807, 2.05) is 6.07 Å². The summed E-state index contributed by atoms with van der Waals surface area (Å²) < 4.78 is 51.1. The van der Waals surface area contributed by atoms with Crippen molar-refractivity contribution in [1.29, 1.82) is 0 Å². The van der Waals surface area contributed by atoms with Crippen molar-refractivity contribution < 1.29 is 27.4 Å². The Balaban J connectivity index is 1.63. The van der Waals surface area contributed by atoms with Crippen molar-refractivity contribution in [3.63, 3.8) is 0 Å². The van der Waals surface area contributed by atoms with Gasteiger partial charge in [-0.05, 0) is 11.1 Å². The van der Waals surface area contributed by atoms with E-state index in [0.29, 0.717) is 5.56 Å². The number of carbonyl (C=O) groups excluding carboxylic acids is 1. The minimum atomic E-state index is -4.63. The van der Waals surface area contributed by atoms with Crippen LogP contribution in [0.25, 0.3) is 0 Å². The fourth-order valence-electron chi connectivity index (χ4n) is 3.16. The molecular weight excluding hydrogens is 359 g/mol. The van der Waals surface area contributed by atoms with Crippen LogP contribution in [0, 0.1) is 0 Å². The van der Waals surface area contributed by atoms with E-state index in [0.717, 1.165) is 5.56 Å². The smallest absolute Gasteiger partial charge is 0.417 e. The monoisotopic (exact) mass is 379 g/mol. The average Bonchev–Trinajstić information content (AvgIpc) is 2.63. The van der Waals surface area contributed by atoms with Gasteiger partial charge in [0.25, 0.3) is 0 Å². The van der Waals surface area contributed by atoms with Gasteiger partial charge < -0.3 is 15.2 Å². The van der Waals surface area contributed by atoms with Gasteiger partial charge in [0.15, 0.2) is 5.60 Å². The summed E-state index contributed by atoms with van der Waals surface area (Å²) in [5, 5.41) is 0. The number of esters is 1. The zero-order chi connectivity index (χ0) is 19.5. The first-order chi connectivity index (χ1) is 12.7. The zero-order valence-corrected chi connectivity index (χ0v) is 14.5. The Labute approximate surface area is 155 Å². The van der Waals surface area contributed by atoms with Gasteiger partial charge in [0.05, 0.1) is 6.61 Å². The molecule has 0 aliphatic heterocycles. The summed E-state index contributed by atoms with van der Waals surface area (Å²) in [5.74, 6) is -0.852. The molecule has 2 N–H and O–H groups in total. The Morgan fingerprint density at radius 2 is 1.41 bits per heavy atom. The molecule has 1 aliphatic rings. The van der Waals surface area contributed by atoms with Crippen molar-refractivity contribution in [3.05, 3.63) is 71.8 Å². The number of nitrogens with two attached hydrogens (primary N) is 1. The van der Waals surface area contributed by atoms with Crippen molar-refractivity contribution in [1.82, 2.24) is 0 Å². The number of ether oxygens (including phenoxy) is 2. The molecule has 2 aromatic rings. The van der Waals surface area contributed by atoms with Crippen LogP contribution >= 0.6 is 0 Å². The standard InChI is InChI=1S/C20H20F3NO3/c21-20(22,23)19(27-12-16-9-5-2-6-10-16)13-18(24,14-19)17(25)26-11-15-7-3-1-4-8-15/h1-10H,11-14,24H2. The molecule has 1 fully saturated rings. The molecule has 7 heteroatoms. The van der Waals surface area contributed by atoms with E-state index >= 15 is 0 Å². The Bertz CT molecular complexity index is 772. The average molecular weight is 379 g/mol. The molecule has 0 unspecified atom stereocenters. The summed E-state index contributed by atoms with van der Waals surface area (Å²) in [6.07, 6.45) is -5.96. The molecule has 0 amide bonds. The predicted octanol–water partition coefficient (Wildman–Crippen LogP) is 3.74. The predicted molar refractivity (Wildman–Crippen MR) is 92.4 cm³/mol. The second-order valence-electron chi connectivity index (χ2n) is 6.84. The molecule has 27 heavy (non-hydrogen) atoms. The van der Waals surface area contributed by atoms with Gasteiger partial charge in [-0.1, -0.05) is 60.7 Å². The molecule has 0 spiro atoms. The first-order valence-corrected chi connectivity index (χ1v) is 8.49. The third-order valence-corrected chi connectivity index (χ3v) is 4.70. The largest absolute Gasteiger partial charge is 0.459 e. The summed E-state index contributed by atoms with van der Waals surface area (Å²) in [7, 11) is 0. The first-order valence-electron chi connectivity index (χ1n) is 8.49. The minimum absolute atomic E-state index is 0.0392. The summed E-state index contributed by atoms with van der Waals surface area (Å²) in [4.78, 5) is 12.2. The van der Waals surface area contributed by atoms with E-state index in [1.54, 1.807) is 54.6 Å². The van der Waals surface area contributed by atoms with Gasteiger partial charge in [-0.25, -0.2) is 0 Å². The summed E-state index contributed by atoms with van der Waals surface area (Å²) in [6, 6.07) is 17.4. The Morgan fingerprint density at radius 3 is 1.89 bits per heavy atom. The van der Waals surface area contributed by atoms with E-state index in [1.165, 1.54) is 0 Å². The van der Waals surface area contributed by atoms with E-state index in [4.69, 9.17) is 15.2 Å². The van der Waals surface area contributed by atoms with Gasteiger partial charge in [0, 0.05) is 12.8 Å². The van der Waals surface area contributed by atoms with Gasteiger partial charge in [0.1, 0.15) is 12.1 Å². The lowest BCUT2D eigenvalue weighted by Gasteiger charge is -2.52. The molecule has 0 atom stereocenters. The Kier molecular flexibility index (Phi) is 5.26. The minimum Gasteiger partial charge on any atom is -0.459 e. The number of alkyl halides is 3. The van der Waals surface area contributed by atoms with Crippen LogP contribution in [-0.4, -0.2) is 23.3 Å². The fraction of sp³-hybridized carbons (Fsp3) is 0.350. The van der Waals surface area contributed by atoms with Gasteiger partial charge in [-0.2, -0.15) is 13.2 Å². The molecular formula is C20H20F3NO3. The molecule has 0 aromatic heterocycles. The highest BCUT2D eigenvalue weighted by atomic mass is 19.4. The highest BCUT2D eigenvalue weighted by molar-refractivity contribution is 5.82. The molecule has 1 saturated carbocycles. The summed E-state index contributed by atoms with van der Waals surface area (Å²) in [6.45, 7) is -0.252. The van der Waals surface area contributed by atoms with Crippen LogP contribution in [0.4, 0.5) is 13.2 Å². The third kappa shape index (κ3) is 4.14. The Morgan fingerprint density at radius 1 is 0.926 bits per heavy atom. The molecule has 0 bridgehead atoms. The number of benzene rings is 2. The third-order valence-electron chi connectivity index (χ3n) is 4.70. The second-order valence-corrected chi connectivity index (χ2v) is 6.84. The normalized spacial score (nSPS) is 24.9. The van der Waals surface area contributed by atoms with Crippen molar-refractivity contribution >= 4 is 5.97 Å². The number of hydrogen-bond acceptors (Lipinski definition) is 4. The van der Waals surface area contributed by atoms with Crippen LogP contribution < -0.4 is 5.73 Å². The molecule has 1 aliphatic carbocycles. The van der Waals surface area contributed by atoms with Crippen LogP contribution in [-0.2, 0) is 27.5 Å². The maximum Gasteiger partial charge on any atom is 0.417 e. The van der Waals surface area contributed by atoms with Crippen LogP contribution in [0.1, 0.15) is 24.0 Å². The molecule has 144 valence electrons. The maximum atomic E-state index is 13.6. The molecule has 3 rings (SSSR count). The lowest BCUT2D eigenvalue weighted by molar-refractivity contribution is -0.322. The zero-order valence-electron chi connectivity index (χ0n) is 14.5. The van der Waals surface area contributed by atoms with Crippen molar-refractivity contribution in [3.8, 4) is 0 Å². The highest BCUT2D eigenvalue weighted by Gasteiger charge is 2.70. The van der Waals surface area contributed by atoms with Gasteiger partial charge in [-0.3, -0.25) is 4.79 Å². The fourth-order valence-corrected chi connectivity index (χ4v) is 3.16. The van der Waals surface area contributed by atoms with E-state index in [9.17, 15) is 18.0 Å². The van der Waals surface area contributed by atoms with Crippen LogP contribution in [0.2, 0.25) is 0 Å². The summed E-state index contributed by atoms with van der Waals surface area (Å²) in [5.41, 5.74) is 3.09. The number of rotatable bonds is 6. The van der Waals surface area contributed by atoms with E-state index < -0.39 is 36.1 Å². The number of halogens is 3. The second kappa shape index (κ2) is 7.32. The molecule has 0 radical (unpaired) electrons. The topological polar surface area (TPSA) is 61.6 Å². The molecule has 0 heterocycles. The van der Waals surface area contributed by atoms with Crippen LogP contribution in [0.3, 0.4) is 0 Å². The lowest BCUT2D eigenvalue weighted by Crippen LogP contribution is -2.72. The van der Waals surface area contributed by atoms with Gasteiger partial charge in [-0.15, -0.1) is 0 Å². The highest BCUT2D eigenvalue weighted by Crippen LogP contribution is 2.53. The SMILES string of the molecule is NC1(C(=O)OCc2ccccc2)CC(OCc2ccccc2)(C(F)(F)F)C1. The van der Waals surface area contributed by atoms with E-state index in [2.05, 4.69) is 0 Å². The van der Waals surface area contributed by atoms with Gasteiger partial charge >= 0.3 is 12.1 Å². The quantitative estimate of drug-likeness (QED) is 0.777.